The molecule has 4 heteroatoms. The zero-order chi connectivity index (χ0) is 20.7. The summed E-state index contributed by atoms with van der Waals surface area (Å²) in [5, 5.41) is 0. The molecule has 2 aliphatic heterocycles. The molecule has 4 aliphatic rings. The summed E-state index contributed by atoms with van der Waals surface area (Å²) in [6.07, 6.45) is 6.05. The maximum Gasteiger partial charge on any atom is 0.310 e. The first kappa shape index (κ1) is 20.3. The molecule has 4 nitrogen and oxygen atoms in total. The minimum atomic E-state index is 0.0578. The van der Waals surface area contributed by atoms with E-state index in [0.717, 1.165) is 52.1 Å². The lowest BCUT2D eigenvalue weighted by atomic mass is 9.59. The van der Waals surface area contributed by atoms with Crippen LogP contribution >= 0.6 is 0 Å². The number of piperazine rings is 1. The molecular formula is C26H36N2O2. The Bertz CT molecular complexity index is 812. The van der Waals surface area contributed by atoms with Crippen LogP contribution in [0.25, 0.3) is 0 Å². The van der Waals surface area contributed by atoms with Gasteiger partial charge in [0.25, 0.3) is 0 Å². The third kappa shape index (κ3) is 3.85. The number of hydrogen-bond acceptors (Lipinski definition) is 4. The fourth-order valence-corrected chi connectivity index (χ4v) is 6.57. The van der Waals surface area contributed by atoms with Crippen LogP contribution in [-0.4, -0.2) is 54.6 Å². The summed E-state index contributed by atoms with van der Waals surface area (Å²) in [5.74, 6) is 0.510. The van der Waals surface area contributed by atoms with Gasteiger partial charge in [-0.15, -0.1) is 0 Å². The molecule has 0 radical (unpaired) electrons. The van der Waals surface area contributed by atoms with Crippen molar-refractivity contribution in [3.63, 3.8) is 0 Å². The van der Waals surface area contributed by atoms with Gasteiger partial charge in [-0.05, 0) is 50.0 Å². The van der Waals surface area contributed by atoms with E-state index >= 15 is 0 Å². The summed E-state index contributed by atoms with van der Waals surface area (Å²) >= 11 is 0. The molecule has 0 amide bonds. The Balaban J connectivity index is 1.20. The van der Waals surface area contributed by atoms with E-state index in [4.69, 9.17) is 4.74 Å². The van der Waals surface area contributed by atoms with Crippen LogP contribution in [0.2, 0.25) is 0 Å². The predicted octanol–water partition coefficient (Wildman–Crippen LogP) is 4.26. The first-order chi connectivity index (χ1) is 14.5. The number of ether oxygens (including phenoxy) is 1. The topological polar surface area (TPSA) is 32.8 Å². The van der Waals surface area contributed by atoms with E-state index in [1.807, 2.05) is 0 Å². The van der Waals surface area contributed by atoms with Gasteiger partial charge in [-0.2, -0.15) is 0 Å². The normalized spacial score (nSPS) is 35.1. The molecule has 162 valence electrons. The highest BCUT2D eigenvalue weighted by Crippen LogP contribution is 2.55. The molecule has 4 atom stereocenters. The van der Waals surface area contributed by atoms with Gasteiger partial charge < -0.3 is 4.74 Å². The van der Waals surface area contributed by atoms with Crippen LogP contribution in [-0.2, 0) is 16.1 Å². The van der Waals surface area contributed by atoms with E-state index in [-0.39, 0.29) is 23.4 Å². The molecule has 1 saturated carbocycles. The second kappa shape index (κ2) is 8.12. The third-order valence-corrected chi connectivity index (χ3v) is 8.35. The van der Waals surface area contributed by atoms with Gasteiger partial charge in [0.05, 0.1) is 5.92 Å². The lowest BCUT2D eigenvalue weighted by Crippen LogP contribution is -2.49. The molecule has 2 saturated heterocycles. The Morgan fingerprint density at radius 3 is 2.60 bits per heavy atom. The third-order valence-electron chi connectivity index (χ3n) is 8.35. The quantitative estimate of drug-likeness (QED) is 0.550. The zero-order valence-corrected chi connectivity index (χ0v) is 18.6. The molecule has 1 aromatic rings. The number of allylic oxidation sites excluding steroid dienone is 2. The van der Waals surface area contributed by atoms with Crippen LogP contribution in [0.1, 0.15) is 51.5 Å². The molecule has 0 bridgehead atoms. The molecule has 2 heterocycles. The van der Waals surface area contributed by atoms with Crippen molar-refractivity contribution in [2.75, 3.05) is 32.7 Å². The maximum absolute atomic E-state index is 12.8. The SMILES string of the molecule is CC1=C2C[C@@H]3[C@H](CN4CCN(Cc5ccccc5)CC4)C(=O)O[C@@H]3C[C@@]2(C)CCC1. The average molecular weight is 409 g/mol. The van der Waals surface area contributed by atoms with Crippen molar-refractivity contribution in [3.05, 3.63) is 47.0 Å². The van der Waals surface area contributed by atoms with Crippen LogP contribution in [0, 0.1) is 17.3 Å². The maximum atomic E-state index is 12.8. The summed E-state index contributed by atoms with van der Waals surface area (Å²) in [6, 6.07) is 10.7. The molecule has 2 aliphatic carbocycles. The van der Waals surface area contributed by atoms with Crippen molar-refractivity contribution >= 4 is 5.97 Å². The molecule has 3 fully saturated rings. The second-order valence-electron chi connectivity index (χ2n) is 10.4. The lowest BCUT2D eigenvalue weighted by Gasteiger charge is -2.46. The first-order valence-electron chi connectivity index (χ1n) is 11.9. The highest BCUT2D eigenvalue weighted by Gasteiger charge is 2.53. The smallest absolute Gasteiger partial charge is 0.310 e. The Hall–Kier alpha value is -1.65. The van der Waals surface area contributed by atoms with Crippen molar-refractivity contribution in [3.8, 4) is 0 Å². The van der Waals surface area contributed by atoms with E-state index in [2.05, 4.69) is 54.0 Å². The van der Waals surface area contributed by atoms with Crippen molar-refractivity contribution in [2.24, 2.45) is 17.3 Å². The van der Waals surface area contributed by atoms with Crippen LogP contribution in [0.3, 0.4) is 0 Å². The summed E-state index contributed by atoms with van der Waals surface area (Å²) in [7, 11) is 0. The fourth-order valence-electron chi connectivity index (χ4n) is 6.57. The van der Waals surface area contributed by atoms with Gasteiger partial charge in [0.1, 0.15) is 6.10 Å². The number of nitrogens with zero attached hydrogens (tertiary/aromatic N) is 2. The van der Waals surface area contributed by atoms with Gasteiger partial charge in [-0.25, -0.2) is 0 Å². The number of fused-ring (bicyclic) bond motifs is 2. The first-order valence-corrected chi connectivity index (χ1v) is 11.9. The number of hydrogen-bond donors (Lipinski definition) is 0. The van der Waals surface area contributed by atoms with E-state index in [9.17, 15) is 4.79 Å². The van der Waals surface area contributed by atoms with E-state index in [1.165, 1.54) is 24.8 Å². The van der Waals surface area contributed by atoms with Gasteiger partial charge in [0.15, 0.2) is 0 Å². The molecule has 1 aromatic carbocycles. The zero-order valence-electron chi connectivity index (χ0n) is 18.6. The van der Waals surface area contributed by atoms with Crippen LogP contribution in [0.5, 0.6) is 0 Å². The predicted molar refractivity (Wildman–Crippen MR) is 119 cm³/mol. The van der Waals surface area contributed by atoms with E-state index in [1.54, 1.807) is 11.1 Å². The van der Waals surface area contributed by atoms with Gasteiger partial charge in [0.2, 0.25) is 0 Å². The number of rotatable bonds is 4. The Morgan fingerprint density at radius 2 is 1.83 bits per heavy atom. The Kier molecular flexibility index (Phi) is 5.49. The fraction of sp³-hybridized carbons (Fsp3) is 0.654. The van der Waals surface area contributed by atoms with Gasteiger partial charge in [-0.1, -0.05) is 48.4 Å². The summed E-state index contributed by atoms with van der Waals surface area (Å²) in [6.45, 7) is 10.9. The second-order valence-corrected chi connectivity index (χ2v) is 10.4. The Labute approximate surface area is 181 Å². The molecule has 0 unspecified atom stereocenters. The molecule has 30 heavy (non-hydrogen) atoms. The molecule has 5 rings (SSSR count). The van der Waals surface area contributed by atoms with Gasteiger partial charge >= 0.3 is 5.97 Å². The number of carbonyl (C=O) groups excluding carboxylic acids is 1. The van der Waals surface area contributed by atoms with Crippen LogP contribution < -0.4 is 0 Å². The molecule has 0 spiro atoms. The lowest BCUT2D eigenvalue weighted by molar-refractivity contribution is -0.145. The highest BCUT2D eigenvalue weighted by molar-refractivity contribution is 5.76. The van der Waals surface area contributed by atoms with Crippen LogP contribution in [0.15, 0.2) is 41.5 Å². The average Bonchev–Trinajstić information content (AvgIpc) is 3.02. The van der Waals surface area contributed by atoms with Gasteiger partial charge in [-0.3, -0.25) is 14.6 Å². The van der Waals surface area contributed by atoms with Crippen LogP contribution in [0.4, 0.5) is 0 Å². The molecule has 0 aromatic heterocycles. The largest absolute Gasteiger partial charge is 0.462 e. The van der Waals surface area contributed by atoms with Crippen molar-refractivity contribution in [1.29, 1.82) is 0 Å². The minimum absolute atomic E-state index is 0.0578. The van der Waals surface area contributed by atoms with Crippen molar-refractivity contribution < 1.29 is 9.53 Å². The number of esters is 1. The number of benzene rings is 1. The van der Waals surface area contributed by atoms with E-state index in [0.29, 0.717) is 5.92 Å². The summed E-state index contributed by atoms with van der Waals surface area (Å²) in [5.41, 5.74) is 4.90. The van der Waals surface area contributed by atoms with Crippen molar-refractivity contribution in [1.82, 2.24) is 9.80 Å². The summed E-state index contributed by atoms with van der Waals surface area (Å²) < 4.78 is 5.97. The van der Waals surface area contributed by atoms with Crippen molar-refractivity contribution in [2.45, 2.75) is 58.6 Å². The molecule has 0 N–H and O–H groups in total. The van der Waals surface area contributed by atoms with E-state index < -0.39 is 0 Å². The number of carbonyl (C=O) groups is 1. The minimum Gasteiger partial charge on any atom is -0.462 e. The highest BCUT2D eigenvalue weighted by atomic mass is 16.6. The van der Waals surface area contributed by atoms with Gasteiger partial charge in [0, 0.05) is 45.2 Å². The standard InChI is InChI=1S/C26H36N2O2/c1-19-7-6-10-26(2)16-24-21(15-23(19)26)22(25(29)30-24)18-28-13-11-27(12-14-28)17-20-8-4-3-5-9-20/h3-5,8-9,21-22,24H,6-7,10-18H2,1-2H3/t21-,22+,24-,26-/m1/s1. The Morgan fingerprint density at radius 1 is 1.10 bits per heavy atom. The molecular weight excluding hydrogens is 372 g/mol. The summed E-state index contributed by atoms with van der Waals surface area (Å²) in [4.78, 5) is 17.9. The monoisotopic (exact) mass is 408 g/mol.